The second-order valence-electron chi connectivity index (χ2n) is 3.36. The first-order valence-corrected chi connectivity index (χ1v) is 4.96. The number of nitrogens with zero attached hydrogens (tertiary/aromatic N) is 1. The van der Waals surface area contributed by atoms with Crippen molar-refractivity contribution in [2.75, 3.05) is 6.61 Å². The van der Waals surface area contributed by atoms with Crippen molar-refractivity contribution in [3.05, 3.63) is 28.5 Å². The van der Waals surface area contributed by atoms with Crippen LogP contribution in [0.1, 0.15) is 23.0 Å². The molecular formula is C10H13ClN2O2. The molecule has 1 aromatic heterocycles. The van der Waals surface area contributed by atoms with Crippen molar-refractivity contribution in [2.45, 2.75) is 19.9 Å². The van der Waals surface area contributed by atoms with Crippen LogP contribution in [0.2, 0.25) is 5.02 Å². The van der Waals surface area contributed by atoms with Crippen molar-refractivity contribution in [1.29, 1.82) is 0 Å². The molecule has 0 bridgehead atoms. The Morgan fingerprint density at radius 1 is 1.73 bits per heavy atom. The Hall–Kier alpha value is -1.13. The van der Waals surface area contributed by atoms with Crippen molar-refractivity contribution in [2.24, 2.45) is 0 Å². The zero-order valence-corrected chi connectivity index (χ0v) is 9.38. The molecule has 0 unspecified atom stereocenters. The molecule has 1 aromatic rings. The first-order valence-electron chi connectivity index (χ1n) is 4.58. The van der Waals surface area contributed by atoms with Gasteiger partial charge in [-0.3, -0.25) is 9.78 Å². The Labute approximate surface area is 93.3 Å². The number of nitrogens with one attached hydrogen (secondary N) is 1. The van der Waals surface area contributed by atoms with E-state index in [0.717, 1.165) is 5.69 Å². The molecule has 0 aliphatic heterocycles. The molecule has 82 valence electrons. The summed E-state index contributed by atoms with van der Waals surface area (Å²) >= 11 is 5.89. The Morgan fingerprint density at radius 2 is 2.40 bits per heavy atom. The number of aryl methyl sites for hydroxylation is 1. The maximum absolute atomic E-state index is 11.6. The first kappa shape index (κ1) is 11.9. The molecule has 0 fully saturated rings. The van der Waals surface area contributed by atoms with E-state index >= 15 is 0 Å². The Balaban J connectivity index is 2.82. The predicted molar refractivity (Wildman–Crippen MR) is 58.0 cm³/mol. The zero-order chi connectivity index (χ0) is 11.4. The summed E-state index contributed by atoms with van der Waals surface area (Å²) in [6.07, 6.45) is 1.43. The van der Waals surface area contributed by atoms with Gasteiger partial charge in [-0.15, -0.1) is 0 Å². The SMILES string of the molecule is Cc1cc(Cl)c(C(=O)N[C@@H](C)CO)cn1. The van der Waals surface area contributed by atoms with E-state index < -0.39 is 0 Å². The molecule has 0 aliphatic carbocycles. The number of rotatable bonds is 3. The Morgan fingerprint density at radius 3 is 2.93 bits per heavy atom. The summed E-state index contributed by atoms with van der Waals surface area (Å²) in [7, 11) is 0. The molecule has 0 saturated heterocycles. The van der Waals surface area contributed by atoms with E-state index in [1.54, 1.807) is 19.9 Å². The number of aromatic nitrogens is 1. The molecular weight excluding hydrogens is 216 g/mol. The van der Waals surface area contributed by atoms with Gasteiger partial charge >= 0.3 is 0 Å². The number of amides is 1. The molecule has 0 spiro atoms. The molecule has 2 N–H and O–H groups in total. The number of carbonyl (C=O) groups is 1. The van der Waals surface area contributed by atoms with Gasteiger partial charge in [0.05, 0.1) is 17.2 Å². The molecule has 0 saturated carbocycles. The summed E-state index contributed by atoms with van der Waals surface area (Å²) in [5.74, 6) is -0.325. The topological polar surface area (TPSA) is 62.2 Å². The van der Waals surface area contributed by atoms with Crippen molar-refractivity contribution in [1.82, 2.24) is 10.3 Å². The van der Waals surface area contributed by atoms with E-state index in [-0.39, 0.29) is 18.6 Å². The fraction of sp³-hybridized carbons (Fsp3) is 0.400. The van der Waals surface area contributed by atoms with E-state index in [1.807, 2.05) is 0 Å². The minimum Gasteiger partial charge on any atom is -0.394 e. The number of halogens is 1. The molecule has 5 heteroatoms. The van der Waals surface area contributed by atoms with Crippen LogP contribution in [-0.2, 0) is 0 Å². The van der Waals surface area contributed by atoms with E-state index in [2.05, 4.69) is 10.3 Å². The first-order chi connectivity index (χ1) is 7.04. The quantitative estimate of drug-likeness (QED) is 0.816. The number of hydrogen-bond donors (Lipinski definition) is 2. The lowest BCUT2D eigenvalue weighted by atomic mass is 10.2. The summed E-state index contributed by atoms with van der Waals surface area (Å²) in [5, 5.41) is 11.7. The highest BCUT2D eigenvalue weighted by Gasteiger charge is 2.12. The van der Waals surface area contributed by atoms with E-state index in [1.165, 1.54) is 6.20 Å². The third-order valence-corrected chi connectivity index (χ3v) is 2.20. The lowest BCUT2D eigenvalue weighted by molar-refractivity contribution is 0.0922. The second-order valence-corrected chi connectivity index (χ2v) is 3.77. The summed E-state index contributed by atoms with van der Waals surface area (Å²) in [4.78, 5) is 15.6. The van der Waals surface area contributed by atoms with E-state index in [0.29, 0.717) is 10.6 Å². The predicted octanol–water partition coefficient (Wildman–Crippen LogP) is 1.15. The Kier molecular flexibility index (Phi) is 4.05. The average Bonchev–Trinajstić information content (AvgIpc) is 2.17. The van der Waals surface area contributed by atoms with Gasteiger partial charge < -0.3 is 10.4 Å². The van der Waals surface area contributed by atoms with Crippen LogP contribution in [0, 0.1) is 6.92 Å². The number of hydrogen-bond acceptors (Lipinski definition) is 3. The lowest BCUT2D eigenvalue weighted by Crippen LogP contribution is -2.35. The third kappa shape index (κ3) is 3.18. The maximum atomic E-state index is 11.6. The minimum atomic E-state index is -0.325. The summed E-state index contributed by atoms with van der Waals surface area (Å²) in [5.41, 5.74) is 1.08. The van der Waals surface area contributed by atoms with Gasteiger partial charge in [-0.1, -0.05) is 11.6 Å². The molecule has 0 radical (unpaired) electrons. The fourth-order valence-corrected chi connectivity index (χ4v) is 1.33. The summed E-state index contributed by atoms with van der Waals surface area (Å²) in [6, 6.07) is 1.33. The number of pyridine rings is 1. The molecule has 0 aliphatic rings. The van der Waals surface area contributed by atoms with Gasteiger partial charge in [-0.2, -0.15) is 0 Å². The minimum absolute atomic E-state index is 0.108. The smallest absolute Gasteiger partial charge is 0.254 e. The van der Waals surface area contributed by atoms with Crippen molar-refractivity contribution < 1.29 is 9.90 Å². The zero-order valence-electron chi connectivity index (χ0n) is 8.62. The van der Waals surface area contributed by atoms with E-state index in [4.69, 9.17) is 16.7 Å². The van der Waals surface area contributed by atoms with Gasteiger partial charge in [-0.05, 0) is 19.9 Å². The third-order valence-electron chi connectivity index (χ3n) is 1.89. The largest absolute Gasteiger partial charge is 0.394 e. The molecule has 15 heavy (non-hydrogen) atoms. The summed E-state index contributed by atoms with van der Waals surface area (Å²) in [6.45, 7) is 3.39. The normalized spacial score (nSPS) is 12.3. The van der Waals surface area contributed by atoms with Gasteiger partial charge in [0.15, 0.2) is 0 Å². The molecule has 1 amide bonds. The molecule has 0 aromatic carbocycles. The highest BCUT2D eigenvalue weighted by molar-refractivity contribution is 6.33. The molecule has 1 heterocycles. The number of aliphatic hydroxyl groups excluding tert-OH is 1. The van der Waals surface area contributed by atoms with Crippen molar-refractivity contribution in [3.8, 4) is 0 Å². The van der Waals surface area contributed by atoms with Crippen LogP contribution in [0.3, 0.4) is 0 Å². The van der Waals surface area contributed by atoms with Gasteiger partial charge in [0.2, 0.25) is 0 Å². The molecule has 4 nitrogen and oxygen atoms in total. The van der Waals surface area contributed by atoms with Crippen LogP contribution in [0.15, 0.2) is 12.3 Å². The van der Waals surface area contributed by atoms with E-state index in [9.17, 15) is 4.79 Å². The Bertz CT molecular complexity index is 368. The number of aliphatic hydroxyl groups is 1. The average molecular weight is 229 g/mol. The van der Waals surface area contributed by atoms with Crippen LogP contribution in [-0.4, -0.2) is 28.6 Å². The number of carbonyl (C=O) groups excluding carboxylic acids is 1. The highest BCUT2D eigenvalue weighted by Crippen LogP contribution is 2.15. The highest BCUT2D eigenvalue weighted by atomic mass is 35.5. The van der Waals surface area contributed by atoms with Crippen molar-refractivity contribution in [3.63, 3.8) is 0 Å². The van der Waals surface area contributed by atoms with Crippen LogP contribution < -0.4 is 5.32 Å². The van der Waals surface area contributed by atoms with Crippen LogP contribution >= 0.6 is 11.6 Å². The maximum Gasteiger partial charge on any atom is 0.254 e. The van der Waals surface area contributed by atoms with Crippen LogP contribution in [0.25, 0.3) is 0 Å². The van der Waals surface area contributed by atoms with Gasteiger partial charge in [0.25, 0.3) is 5.91 Å². The molecule has 1 rings (SSSR count). The standard InChI is InChI=1S/C10H13ClN2O2/c1-6-3-9(11)8(4-12-6)10(15)13-7(2)5-14/h3-4,7,14H,5H2,1-2H3,(H,13,15)/t7-/m0/s1. The fourth-order valence-electron chi connectivity index (χ4n) is 1.04. The summed E-state index contributed by atoms with van der Waals surface area (Å²) < 4.78 is 0. The van der Waals surface area contributed by atoms with Crippen LogP contribution in [0.5, 0.6) is 0 Å². The second kappa shape index (κ2) is 5.09. The monoisotopic (exact) mass is 228 g/mol. The van der Waals surface area contributed by atoms with Gasteiger partial charge in [0, 0.05) is 17.9 Å². The van der Waals surface area contributed by atoms with Gasteiger partial charge in [-0.25, -0.2) is 0 Å². The van der Waals surface area contributed by atoms with Crippen molar-refractivity contribution >= 4 is 17.5 Å². The van der Waals surface area contributed by atoms with Gasteiger partial charge in [0.1, 0.15) is 0 Å². The van der Waals surface area contributed by atoms with Crippen LogP contribution in [0.4, 0.5) is 0 Å². The molecule has 1 atom stereocenters. The lowest BCUT2D eigenvalue weighted by Gasteiger charge is -2.11.